The summed E-state index contributed by atoms with van der Waals surface area (Å²) in [6, 6.07) is 9.25. The maximum absolute atomic E-state index is 6.17. The van der Waals surface area contributed by atoms with Crippen molar-refractivity contribution in [3.8, 4) is 0 Å². The molecule has 0 atom stereocenters. The third kappa shape index (κ3) is 2.76. The first-order valence-electron chi connectivity index (χ1n) is 7.21. The van der Waals surface area contributed by atoms with Crippen LogP contribution >= 0.6 is 0 Å². The lowest BCUT2D eigenvalue weighted by molar-refractivity contribution is 0.255. The summed E-state index contributed by atoms with van der Waals surface area (Å²) in [5.74, 6) is 0.767. The number of hydrogen-bond donors (Lipinski definition) is 1. The van der Waals surface area contributed by atoms with Crippen molar-refractivity contribution in [3.05, 3.63) is 35.4 Å². The Hall–Kier alpha value is -0.860. The number of nitrogens with two attached hydrogens (primary N) is 1. The van der Waals surface area contributed by atoms with Gasteiger partial charge in [-0.1, -0.05) is 24.3 Å². The molecule has 2 aliphatic rings. The van der Waals surface area contributed by atoms with Crippen LogP contribution in [0.1, 0.15) is 42.7 Å². The van der Waals surface area contributed by atoms with E-state index in [9.17, 15) is 0 Å². The molecule has 0 bridgehead atoms. The molecule has 18 heavy (non-hydrogen) atoms. The molecule has 2 N–H and O–H groups in total. The van der Waals surface area contributed by atoms with Gasteiger partial charge in [0.2, 0.25) is 0 Å². The van der Waals surface area contributed by atoms with Gasteiger partial charge < -0.3 is 10.6 Å². The lowest BCUT2D eigenvalue weighted by Gasteiger charge is -2.29. The molecule has 1 aromatic rings. The first-order chi connectivity index (χ1) is 8.65. The molecule has 3 rings (SSSR count). The molecule has 0 radical (unpaired) electrons. The van der Waals surface area contributed by atoms with Crippen LogP contribution in [-0.4, -0.2) is 30.6 Å². The molecule has 0 amide bonds. The number of rotatable bonds is 3. The quantitative estimate of drug-likeness (QED) is 0.885. The molecule has 0 spiro atoms. The molecule has 1 aliphatic carbocycles. The summed E-state index contributed by atoms with van der Waals surface area (Å²) in [6.07, 6.45) is 6.06. The molecule has 1 heterocycles. The molecule has 1 aliphatic heterocycles. The predicted molar refractivity (Wildman–Crippen MR) is 75.8 cm³/mol. The third-order valence-corrected chi connectivity index (χ3v) is 4.62. The summed E-state index contributed by atoms with van der Waals surface area (Å²) in [6.45, 7) is 2.47. The molecular weight excluding hydrogens is 220 g/mol. The highest BCUT2D eigenvalue weighted by Crippen LogP contribution is 2.36. The van der Waals surface area contributed by atoms with Crippen molar-refractivity contribution in [2.24, 2.45) is 5.73 Å². The zero-order valence-electron chi connectivity index (χ0n) is 11.4. The van der Waals surface area contributed by atoms with Gasteiger partial charge in [0.25, 0.3) is 0 Å². The van der Waals surface area contributed by atoms with Gasteiger partial charge >= 0.3 is 0 Å². The predicted octanol–water partition coefficient (Wildman–Crippen LogP) is 2.53. The minimum absolute atomic E-state index is 0.134. The maximum atomic E-state index is 6.17. The van der Waals surface area contributed by atoms with E-state index in [-0.39, 0.29) is 5.54 Å². The largest absolute Gasteiger partial charge is 0.325 e. The van der Waals surface area contributed by atoms with Crippen molar-refractivity contribution in [3.63, 3.8) is 0 Å². The fourth-order valence-electron chi connectivity index (χ4n) is 2.99. The molecule has 1 saturated heterocycles. The molecule has 98 valence electrons. The summed E-state index contributed by atoms with van der Waals surface area (Å²) in [7, 11) is 2.22. The smallest absolute Gasteiger partial charge is 0.0196 e. The van der Waals surface area contributed by atoms with E-state index in [0.717, 1.165) is 12.3 Å². The van der Waals surface area contributed by atoms with Gasteiger partial charge in [0.15, 0.2) is 0 Å². The molecule has 2 fully saturated rings. The summed E-state index contributed by atoms with van der Waals surface area (Å²) in [5, 5.41) is 0. The van der Waals surface area contributed by atoms with E-state index >= 15 is 0 Å². The van der Waals surface area contributed by atoms with Crippen LogP contribution in [0, 0.1) is 0 Å². The highest BCUT2D eigenvalue weighted by Gasteiger charge is 2.37. The van der Waals surface area contributed by atoms with Gasteiger partial charge in [-0.3, -0.25) is 0 Å². The number of nitrogens with zero attached hydrogens (tertiary/aromatic N) is 1. The Balaban J connectivity index is 1.63. The summed E-state index contributed by atoms with van der Waals surface area (Å²) in [4.78, 5) is 2.43. The highest BCUT2D eigenvalue weighted by atomic mass is 15.1. The van der Waals surface area contributed by atoms with E-state index in [2.05, 4.69) is 36.2 Å². The van der Waals surface area contributed by atoms with Crippen LogP contribution in [0.15, 0.2) is 24.3 Å². The summed E-state index contributed by atoms with van der Waals surface area (Å²) >= 11 is 0. The Kier molecular flexibility index (Phi) is 3.16. The van der Waals surface area contributed by atoms with Crippen LogP contribution in [0.5, 0.6) is 0 Å². The van der Waals surface area contributed by atoms with Crippen molar-refractivity contribution >= 4 is 0 Å². The van der Waals surface area contributed by atoms with E-state index in [1.54, 1.807) is 0 Å². The third-order valence-electron chi connectivity index (χ3n) is 4.62. The fourth-order valence-corrected chi connectivity index (χ4v) is 2.99. The number of benzene rings is 1. The van der Waals surface area contributed by atoms with E-state index in [1.165, 1.54) is 49.9 Å². The second kappa shape index (κ2) is 4.67. The van der Waals surface area contributed by atoms with Crippen molar-refractivity contribution in [2.75, 3.05) is 20.1 Å². The highest BCUT2D eigenvalue weighted by molar-refractivity contribution is 5.28. The minimum Gasteiger partial charge on any atom is -0.325 e. The Morgan fingerprint density at radius 2 is 1.78 bits per heavy atom. The fraction of sp³-hybridized carbons (Fsp3) is 0.625. The van der Waals surface area contributed by atoms with Crippen molar-refractivity contribution in [1.82, 2.24) is 4.90 Å². The van der Waals surface area contributed by atoms with Gasteiger partial charge in [0, 0.05) is 5.54 Å². The molecular formula is C16H24N2. The van der Waals surface area contributed by atoms with Crippen LogP contribution in [-0.2, 0) is 6.42 Å². The lowest BCUT2D eigenvalue weighted by Crippen LogP contribution is -2.29. The zero-order valence-corrected chi connectivity index (χ0v) is 11.4. The van der Waals surface area contributed by atoms with E-state index < -0.39 is 0 Å². The summed E-state index contributed by atoms with van der Waals surface area (Å²) in [5.41, 5.74) is 9.23. The van der Waals surface area contributed by atoms with Crippen molar-refractivity contribution in [2.45, 2.75) is 43.6 Å². The number of hydrogen-bond acceptors (Lipinski definition) is 2. The Morgan fingerprint density at radius 3 is 2.33 bits per heavy atom. The van der Waals surface area contributed by atoms with E-state index in [1.807, 2.05) is 0 Å². The van der Waals surface area contributed by atoms with E-state index in [4.69, 9.17) is 5.73 Å². The minimum atomic E-state index is 0.134. The molecule has 1 aromatic carbocycles. The van der Waals surface area contributed by atoms with Crippen LogP contribution in [0.4, 0.5) is 0 Å². The van der Waals surface area contributed by atoms with Gasteiger partial charge in [-0.15, -0.1) is 0 Å². The molecule has 0 unspecified atom stereocenters. The van der Waals surface area contributed by atoms with Crippen molar-refractivity contribution < 1.29 is 0 Å². The van der Waals surface area contributed by atoms with Gasteiger partial charge in [-0.2, -0.15) is 0 Å². The number of likely N-dealkylation sites (tertiary alicyclic amines) is 1. The average molecular weight is 244 g/mol. The SMILES string of the molecule is CN1CCC(c2ccc(CC3(N)CC3)cc2)CC1. The molecule has 1 saturated carbocycles. The Labute approximate surface area is 110 Å². The van der Waals surface area contributed by atoms with Crippen LogP contribution in [0.2, 0.25) is 0 Å². The second-order valence-electron chi connectivity index (χ2n) is 6.36. The zero-order chi connectivity index (χ0) is 12.6. The topological polar surface area (TPSA) is 29.3 Å². The second-order valence-corrected chi connectivity index (χ2v) is 6.36. The van der Waals surface area contributed by atoms with Gasteiger partial charge in [-0.05, 0) is 69.3 Å². The van der Waals surface area contributed by atoms with Gasteiger partial charge in [0.1, 0.15) is 0 Å². The number of piperidine rings is 1. The van der Waals surface area contributed by atoms with Crippen molar-refractivity contribution in [1.29, 1.82) is 0 Å². The molecule has 2 heteroatoms. The van der Waals surface area contributed by atoms with Crippen LogP contribution < -0.4 is 5.73 Å². The molecule has 2 nitrogen and oxygen atoms in total. The van der Waals surface area contributed by atoms with Gasteiger partial charge in [0.05, 0.1) is 0 Å². The Morgan fingerprint density at radius 1 is 1.17 bits per heavy atom. The normalized spacial score (nSPS) is 24.1. The standard InChI is InChI=1S/C16H24N2/c1-18-10-6-15(7-11-18)14-4-2-13(3-5-14)12-16(17)8-9-16/h2-5,15H,6-12,17H2,1H3. The van der Waals surface area contributed by atoms with Gasteiger partial charge in [-0.25, -0.2) is 0 Å². The van der Waals surface area contributed by atoms with Crippen LogP contribution in [0.25, 0.3) is 0 Å². The first-order valence-corrected chi connectivity index (χ1v) is 7.21. The first kappa shape index (κ1) is 12.2. The van der Waals surface area contributed by atoms with Crippen LogP contribution in [0.3, 0.4) is 0 Å². The maximum Gasteiger partial charge on any atom is 0.0196 e. The average Bonchev–Trinajstić information content (AvgIpc) is 3.09. The monoisotopic (exact) mass is 244 g/mol. The lowest BCUT2D eigenvalue weighted by atomic mass is 9.88. The summed E-state index contributed by atoms with van der Waals surface area (Å²) < 4.78 is 0. The Bertz CT molecular complexity index is 398. The molecule has 0 aromatic heterocycles. The van der Waals surface area contributed by atoms with E-state index in [0.29, 0.717) is 0 Å².